The SMILES string of the molecule is COc1cccc(CO[C@H]2CN(CC(C)C)C(=O)CN(C(=O)[C@@H](C)c3n[nH]c(=O)c4ccccc34)C2)c1. The van der Waals surface area contributed by atoms with Crippen LogP contribution in [0, 0.1) is 5.92 Å². The highest BCUT2D eigenvalue weighted by Crippen LogP contribution is 2.24. The molecule has 9 heteroatoms. The molecule has 196 valence electrons. The molecule has 1 fully saturated rings. The van der Waals surface area contributed by atoms with E-state index < -0.39 is 5.92 Å². The Labute approximate surface area is 216 Å². The van der Waals surface area contributed by atoms with Gasteiger partial charge in [0.2, 0.25) is 11.8 Å². The number of hydrogen-bond acceptors (Lipinski definition) is 6. The average molecular weight is 507 g/mol. The second kappa shape index (κ2) is 11.6. The number of nitrogens with zero attached hydrogens (tertiary/aromatic N) is 3. The number of carbonyl (C=O) groups excluding carboxylic acids is 2. The summed E-state index contributed by atoms with van der Waals surface area (Å²) in [6.07, 6.45) is -0.368. The van der Waals surface area contributed by atoms with Gasteiger partial charge in [-0.25, -0.2) is 5.10 Å². The van der Waals surface area contributed by atoms with Crippen LogP contribution in [-0.2, 0) is 20.9 Å². The molecule has 1 aliphatic heterocycles. The zero-order chi connectivity index (χ0) is 26.5. The molecule has 1 saturated heterocycles. The molecular formula is C28H34N4O5. The molecule has 0 unspecified atom stereocenters. The van der Waals surface area contributed by atoms with Gasteiger partial charge in [0, 0.05) is 25.0 Å². The molecule has 3 aromatic rings. The number of aromatic amines is 1. The van der Waals surface area contributed by atoms with Crippen molar-refractivity contribution in [3.63, 3.8) is 0 Å². The lowest BCUT2D eigenvalue weighted by Gasteiger charge is -2.26. The van der Waals surface area contributed by atoms with Crippen molar-refractivity contribution in [2.45, 2.75) is 39.4 Å². The van der Waals surface area contributed by atoms with Crippen LogP contribution < -0.4 is 10.3 Å². The van der Waals surface area contributed by atoms with Gasteiger partial charge < -0.3 is 19.3 Å². The molecule has 0 aliphatic carbocycles. The Balaban J connectivity index is 1.57. The molecule has 0 bridgehead atoms. The molecule has 2 aromatic carbocycles. The number of nitrogens with one attached hydrogen (secondary N) is 1. The molecule has 1 aromatic heterocycles. The maximum atomic E-state index is 13.7. The van der Waals surface area contributed by atoms with E-state index in [1.165, 1.54) is 0 Å². The minimum atomic E-state index is -0.662. The van der Waals surface area contributed by atoms with E-state index in [-0.39, 0.29) is 42.5 Å². The Kier molecular flexibility index (Phi) is 8.23. The Morgan fingerprint density at radius 2 is 1.84 bits per heavy atom. The molecule has 2 heterocycles. The maximum Gasteiger partial charge on any atom is 0.272 e. The van der Waals surface area contributed by atoms with E-state index in [0.29, 0.717) is 36.2 Å². The summed E-state index contributed by atoms with van der Waals surface area (Å²) < 4.78 is 11.6. The lowest BCUT2D eigenvalue weighted by Crippen LogP contribution is -2.42. The summed E-state index contributed by atoms with van der Waals surface area (Å²) in [7, 11) is 1.62. The molecule has 2 atom stereocenters. The summed E-state index contributed by atoms with van der Waals surface area (Å²) in [6, 6.07) is 14.7. The van der Waals surface area contributed by atoms with Crippen LogP contribution in [0.4, 0.5) is 0 Å². The van der Waals surface area contributed by atoms with Crippen LogP contribution in [0.1, 0.15) is 37.9 Å². The first kappa shape index (κ1) is 26.3. The van der Waals surface area contributed by atoms with Crippen LogP contribution in [0.15, 0.2) is 53.3 Å². The number of fused-ring (bicyclic) bond motifs is 1. The van der Waals surface area contributed by atoms with E-state index in [0.717, 1.165) is 11.3 Å². The summed E-state index contributed by atoms with van der Waals surface area (Å²) >= 11 is 0. The van der Waals surface area contributed by atoms with Crippen molar-refractivity contribution in [3.05, 3.63) is 70.1 Å². The van der Waals surface area contributed by atoms with E-state index in [9.17, 15) is 14.4 Å². The second-order valence-electron chi connectivity index (χ2n) is 9.90. The number of methoxy groups -OCH3 is 1. The summed E-state index contributed by atoms with van der Waals surface area (Å²) in [5.41, 5.74) is 1.12. The number of H-pyrrole nitrogens is 1. The molecule has 0 radical (unpaired) electrons. The number of aromatic nitrogens is 2. The number of amides is 2. The minimum absolute atomic E-state index is 0.0315. The average Bonchev–Trinajstić information content (AvgIpc) is 3.05. The van der Waals surface area contributed by atoms with Crippen molar-refractivity contribution in [2.75, 3.05) is 33.3 Å². The lowest BCUT2D eigenvalue weighted by molar-refractivity contribution is -0.139. The minimum Gasteiger partial charge on any atom is -0.497 e. The predicted octanol–water partition coefficient (Wildman–Crippen LogP) is 2.95. The quantitative estimate of drug-likeness (QED) is 0.504. The Hall–Kier alpha value is -3.72. The largest absolute Gasteiger partial charge is 0.497 e. The van der Waals surface area contributed by atoms with Crippen LogP contribution in [0.25, 0.3) is 10.8 Å². The molecule has 0 spiro atoms. The molecule has 1 N–H and O–H groups in total. The zero-order valence-electron chi connectivity index (χ0n) is 21.8. The van der Waals surface area contributed by atoms with Gasteiger partial charge in [0.05, 0.1) is 43.4 Å². The fourth-order valence-electron chi connectivity index (χ4n) is 4.70. The van der Waals surface area contributed by atoms with Crippen molar-refractivity contribution in [1.29, 1.82) is 0 Å². The van der Waals surface area contributed by atoms with E-state index in [2.05, 4.69) is 24.0 Å². The van der Waals surface area contributed by atoms with Gasteiger partial charge in [0.1, 0.15) is 5.75 Å². The Morgan fingerprint density at radius 3 is 2.57 bits per heavy atom. The smallest absolute Gasteiger partial charge is 0.272 e. The van der Waals surface area contributed by atoms with Crippen LogP contribution >= 0.6 is 0 Å². The van der Waals surface area contributed by atoms with E-state index in [1.807, 2.05) is 30.3 Å². The highest BCUT2D eigenvalue weighted by atomic mass is 16.5. The standard InChI is InChI=1S/C28H34N4O5/c1-18(2)13-31-14-22(37-17-20-8-7-9-21(12-20)36-4)15-32(16-25(31)33)28(35)19(3)26-23-10-5-6-11-24(23)27(34)30-29-26/h5-12,18-19,22H,13-17H2,1-4H3,(H,30,34)/t19-,22-/m0/s1. The fourth-order valence-corrected chi connectivity index (χ4v) is 4.70. The molecule has 2 amide bonds. The number of benzene rings is 2. The number of hydrogen-bond donors (Lipinski definition) is 1. The third kappa shape index (κ3) is 6.17. The number of ether oxygens (including phenoxy) is 2. The third-order valence-corrected chi connectivity index (χ3v) is 6.55. The van der Waals surface area contributed by atoms with Crippen LogP contribution in [-0.4, -0.2) is 71.2 Å². The van der Waals surface area contributed by atoms with E-state index >= 15 is 0 Å². The molecule has 37 heavy (non-hydrogen) atoms. The van der Waals surface area contributed by atoms with E-state index in [1.54, 1.807) is 42.0 Å². The van der Waals surface area contributed by atoms with Gasteiger partial charge in [-0.2, -0.15) is 5.10 Å². The molecule has 1 aliphatic rings. The van der Waals surface area contributed by atoms with Gasteiger partial charge in [-0.3, -0.25) is 14.4 Å². The highest BCUT2D eigenvalue weighted by molar-refractivity contribution is 5.93. The second-order valence-corrected chi connectivity index (χ2v) is 9.90. The highest BCUT2D eigenvalue weighted by Gasteiger charge is 2.34. The lowest BCUT2D eigenvalue weighted by atomic mass is 10.00. The summed E-state index contributed by atoms with van der Waals surface area (Å²) in [5.74, 6) is 0.0105. The molecule has 9 nitrogen and oxygen atoms in total. The van der Waals surface area contributed by atoms with Crippen LogP contribution in [0.2, 0.25) is 0 Å². The summed E-state index contributed by atoms with van der Waals surface area (Å²) in [5, 5.41) is 7.81. The first-order valence-electron chi connectivity index (χ1n) is 12.5. The van der Waals surface area contributed by atoms with Crippen molar-refractivity contribution in [2.24, 2.45) is 5.92 Å². The summed E-state index contributed by atoms with van der Waals surface area (Å²) in [4.78, 5) is 42.5. The van der Waals surface area contributed by atoms with Crippen LogP contribution in [0.5, 0.6) is 5.75 Å². The molecule has 4 rings (SSSR count). The first-order chi connectivity index (χ1) is 17.8. The van der Waals surface area contributed by atoms with Gasteiger partial charge in [-0.15, -0.1) is 0 Å². The van der Waals surface area contributed by atoms with Crippen molar-refractivity contribution >= 4 is 22.6 Å². The van der Waals surface area contributed by atoms with Crippen molar-refractivity contribution in [3.8, 4) is 5.75 Å². The Morgan fingerprint density at radius 1 is 1.08 bits per heavy atom. The van der Waals surface area contributed by atoms with Gasteiger partial charge in [0.25, 0.3) is 5.56 Å². The first-order valence-corrected chi connectivity index (χ1v) is 12.5. The zero-order valence-corrected chi connectivity index (χ0v) is 21.8. The van der Waals surface area contributed by atoms with Crippen molar-refractivity contribution < 1.29 is 19.1 Å². The normalized spacial score (nSPS) is 17.2. The van der Waals surface area contributed by atoms with Gasteiger partial charge in [0.15, 0.2) is 0 Å². The fraction of sp³-hybridized carbons (Fsp3) is 0.429. The predicted molar refractivity (Wildman–Crippen MR) is 140 cm³/mol. The number of carbonyl (C=O) groups is 2. The summed E-state index contributed by atoms with van der Waals surface area (Å²) in [6.45, 7) is 7.42. The van der Waals surface area contributed by atoms with Crippen LogP contribution in [0.3, 0.4) is 0 Å². The Bertz CT molecular complexity index is 1320. The van der Waals surface area contributed by atoms with Crippen molar-refractivity contribution in [1.82, 2.24) is 20.0 Å². The topological polar surface area (TPSA) is 105 Å². The third-order valence-electron chi connectivity index (χ3n) is 6.55. The number of rotatable bonds is 8. The van der Waals surface area contributed by atoms with Gasteiger partial charge in [-0.1, -0.05) is 44.2 Å². The molecular weight excluding hydrogens is 472 g/mol. The van der Waals surface area contributed by atoms with Gasteiger partial charge in [-0.05, 0) is 36.6 Å². The van der Waals surface area contributed by atoms with E-state index in [4.69, 9.17) is 9.47 Å². The monoisotopic (exact) mass is 506 g/mol. The molecule has 0 saturated carbocycles. The van der Waals surface area contributed by atoms with Gasteiger partial charge >= 0.3 is 0 Å². The maximum absolute atomic E-state index is 13.7.